The van der Waals surface area contributed by atoms with Crippen molar-refractivity contribution in [2.45, 2.75) is 12.9 Å². The van der Waals surface area contributed by atoms with Crippen LogP contribution in [0.1, 0.15) is 5.56 Å². The fourth-order valence-corrected chi connectivity index (χ4v) is 2.31. The van der Waals surface area contributed by atoms with Crippen LogP contribution in [0.3, 0.4) is 0 Å². The normalized spacial score (nSPS) is 11.3. The Morgan fingerprint density at radius 3 is 2.29 bits per heavy atom. The Morgan fingerprint density at radius 2 is 1.71 bits per heavy atom. The zero-order chi connectivity index (χ0) is 15.5. The quantitative estimate of drug-likeness (QED) is 0.569. The van der Waals surface area contributed by atoms with Crippen molar-refractivity contribution >= 4 is 28.3 Å². The second-order valence-electron chi connectivity index (χ2n) is 4.17. The minimum Gasteiger partial charge on any atom is -0.406 e. The van der Waals surface area contributed by atoms with E-state index < -0.39 is 6.36 Å². The van der Waals surface area contributed by atoms with E-state index >= 15 is 0 Å². The van der Waals surface area contributed by atoms with E-state index in [0.717, 1.165) is 14.8 Å². The van der Waals surface area contributed by atoms with Crippen molar-refractivity contribution in [1.29, 1.82) is 0 Å². The molecule has 21 heavy (non-hydrogen) atoms. The third-order valence-electron chi connectivity index (χ3n) is 2.57. The van der Waals surface area contributed by atoms with Gasteiger partial charge >= 0.3 is 6.36 Å². The first-order chi connectivity index (χ1) is 9.83. The molecule has 0 saturated carbocycles. The Kier molecular flexibility index (Phi) is 4.92. The van der Waals surface area contributed by atoms with Crippen molar-refractivity contribution in [1.82, 2.24) is 0 Å². The van der Waals surface area contributed by atoms with E-state index in [9.17, 15) is 17.6 Å². The molecule has 2 rings (SSSR count). The first-order valence-corrected chi connectivity index (χ1v) is 6.95. The Balaban J connectivity index is 1.97. The molecule has 0 spiro atoms. The summed E-state index contributed by atoms with van der Waals surface area (Å²) in [6, 6.07) is 9.90. The standard InChI is InChI=1S/C14H10F4INO/c15-10-3-6-13(12(19)7-10)20-8-9-1-4-11(5-2-9)21-14(16,17)18/h1-7,20H,8H2. The minimum absolute atomic E-state index is 0.261. The average molecular weight is 411 g/mol. The minimum atomic E-state index is -4.69. The third kappa shape index (κ3) is 5.07. The highest BCUT2D eigenvalue weighted by molar-refractivity contribution is 14.1. The van der Waals surface area contributed by atoms with E-state index in [-0.39, 0.29) is 11.6 Å². The molecule has 2 aromatic rings. The van der Waals surface area contributed by atoms with Gasteiger partial charge in [-0.25, -0.2) is 4.39 Å². The van der Waals surface area contributed by atoms with Crippen LogP contribution in [0.15, 0.2) is 42.5 Å². The largest absolute Gasteiger partial charge is 0.573 e. The molecule has 0 unspecified atom stereocenters. The van der Waals surface area contributed by atoms with Crippen LogP contribution in [0.2, 0.25) is 0 Å². The van der Waals surface area contributed by atoms with Crippen LogP contribution >= 0.6 is 22.6 Å². The molecular weight excluding hydrogens is 401 g/mol. The fraction of sp³-hybridized carbons (Fsp3) is 0.143. The SMILES string of the molecule is Fc1ccc(NCc2ccc(OC(F)(F)F)cc2)c(I)c1. The monoisotopic (exact) mass is 411 g/mol. The molecule has 0 aliphatic heterocycles. The van der Waals surface area contributed by atoms with Crippen molar-refractivity contribution in [3.63, 3.8) is 0 Å². The Labute approximate surface area is 132 Å². The van der Waals surface area contributed by atoms with E-state index in [2.05, 4.69) is 10.1 Å². The van der Waals surface area contributed by atoms with Gasteiger partial charge in [-0.3, -0.25) is 0 Å². The maximum absolute atomic E-state index is 13.0. The number of hydrogen-bond acceptors (Lipinski definition) is 2. The van der Waals surface area contributed by atoms with Gasteiger partial charge in [0, 0.05) is 15.8 Å². The van der Waals surface area contributed by atoms with E-state index in [1.54, 1.807) is 6.07 Å². The van der Waals surface area contributed by atoms with E-state index in [0.29, 0.717) is 6.54 Å². The van der Waals surface area contributed by atoms with Crippen molar-refractivity contribution in [3.8, 4) is 5.75 Å². The molecule has 112 valence electrons. The molecule has 0 heterocycles. The first kappa shape index (κ1) is 15.9. The Hall–Kier alpha value is -1.51. The molecule has 0 aliphatic rings. The lowest BCUT2D eigenvalue weighted by Crippen LogP contribution is -2.17. The van der Waals surface area contributed by atoms with Crippen LogP contribution in [0.25, 0.3) is 0 Å². The van der Waals surface area contributed by atoms with Crippen LogP contribution in [-0.4, -0.2) is 6.36 Å². The highest BCUT2D eigenvalue weighted by Gasteiger charge is 2.30. The van der Waals surface area contributed by atoms with E-state index in [1.807, 2.05) is 22.6 Å². The number of halogens is 5. The summed E-state index contributed by atoms with van der Waals surface area (Å²) in [7, 11) is 0. The highest BCUT2D eigenvalue weighted by Crippen LogP contribution is 2.23. The van der Waals surface area contributed by atoms with Crippen molar-refractivity contribution in [2.24, 2.45) is 0 Å². The van der Waals surface area contributed by atoms with Crippen LogP contribution in [0.5, 0.6) is 5.75 Å². The smallest absolute Gasteiger partial charge is 0.406 e. The van der Waals surface area contributed by atoms with Gasteiger partial charge in [0.1, 0.15) is 11.6 Å². The lowest BCUT2D eigenvalue weighted by atomic mass is 10.2. The van der Waals surface area contributed by atoms with Crippen LogP contribution in [-0.2, 0) is 6.54 Å². The fourth-order valence-electron chi connectivity index (χ4n) is 1.64. The molecule has 7 heteroatoms. The predicted octanol–water partition coefficient (Wildman–Crippen LogP) is 4.94. The molecule has 2 aromatic carbocycles. The number of benzene rings is 2. The zero-order valence-corrected chi connectivity index (χ0v) is 12.7. The molecule has 0 bridgehead atoms. The summed E-state index contributed by atoms with van der Waals surface area (Å²) in [5.41, 5.74) is 1.54. The maximum atomic E-state index is 13.0. The average Bonchev–Trinajstić information content (AvgIpc) is 2.38. The van der Waals surface area contributed by atoms with Gasteiger partial charge in [-0.05, 0) is 58.5 Å². The first-order valence-electron chi connectivity index (χ1n) is 5.87. The molecule has 0 saturated heterocycles. The van der Waals surface area contributed by atoms with Crippen LogP contribution in [0.4, 0.5) is 23.2 Å². The summed E-state index contributed by atoms with van der Waals surface area (Å²) < 4.78 is 53.5. The lowest BCUT2D eigenvalue weighted by molar-refractivity contribution is -0.274. The number of hydrogen-bond donors (Lipinski definition) is 1. The van der Waals surface area contributed by atoms with Gasteiger partial charge in [0.2, 0.25) is 0 Å². The number of ether oxygens (including phenoxy) is 1. The summed E-state index contributed by atoms with van der Waals surface area (Å²) in [4.78, 5) is 0. The van der Waals surface area contributed by atoms with Crippen LogP contribution < -0.4 is 10.1 Å². The summed E-state index contributed by atoms with van der Waals surface area (Å²) >= 11 is 2.00. The molecule has 0 aliphatic carbocycles. The Bertz CT molecular complexity index is 613. The van der Waals surface area contributed by atoms with Gasteiger partial charge in [0.25, 0.3) is 0 Å². The van der Waals surface area contributed by atoms with Gasteiger partial charge in [0.05, 0.1) is 0 Å². The zero-order valence-electron chi connectivity index (χ0n) is 10.5. The number of alkyl halides is 3. The van der Waals surface area contributed by atoms with Gasteiger partial charge in [0.15, 0.2) is 0 Å². The van der Waals surface area contributed by atoms with E-state index in [1.165, 1.54) is 36.4 Å². The van der Waals surface area contributed by atoms with Crippen molar-refractivity contribution in [3.05, 3.63) is 57.4 Å². The topological polar surface area (TPSA) is 21.3 Å². The molecule has 0 amide bonds. The highest BCUT2D eigenvalue weighted by atomic mass is 127. The van der Waals surface area contributed by atoms with Gasteiger partial charge in [-0.15, -0.1) is 13.2 Å². The number of anilines is 1. The number of rotatable bonds is 4. The molecule has 2 nitrogen and oxygen atoms in total. The summed E-state index contributed by atoms with van der Waals surface area (Å²) in [6.07, 6.45) is -4.69. The number of nitrogens with one attached hydrogen (secondary N) is 1. The summed E-state index contributed by atoms with van der Waals surface area (Å²) in [5, 5.41) is 3.09. The second-order valence-corrected chi connectivity index (χ2v) is 5.33. The summed E-state index contributed by atoms with van der Waals surface area (Å²) in [5.74, 6) is -0.582. The second kappa shape index (κ2) is 6.50. The Morgan fingerprint density at radius 1 is 1.05 bits per heavy atom. The summed E-state index contributed by atoms with van der Waals surface area (Å²) in [6.45, 7) is 0.411. The van der Waals surface area contributed by atoms with Gasteiger partial charge in [-0.1, -0.05) is 12.1 Å². The molecule has 1 N–H and O–H groups in total. The molecule has 0 atom stereocenters. The molecule has 0 aromatic heterocycles. The van der Waals surface area contributed by atoms with Gasteiger partial charge in [-0.2, -0.15) is 0 Å². The maximum Gasteiger partial charge on any atom is 0.573 e. The van der Waals surface area contributed by atoms with Crippen LogP contribution in [0, 0.1) is 9.39 Å². The van der Waals surface area contributed by atoms with Gasteiger partial charge < -0.3 is 10.1 Å². The molecule has 0 fully saturated rings. The van der Waals surface area contributed by atoms with Crippen molar-refractivity contribution in [2.75, 3.05) is 5.32 Å². The molecular formula is C14H10F4INO. The van der Waals surface area contributed by atoms with E-state index in [4.69, 9.17) is 0 Å². The lowest BCUT2D eigenvalue weighted by Gasteiger charge is -2.11. The predicted molar refractivity (Wildman–Crippen MR) is 79.6 cm³/mol. The third-order valence-corrected chi connectivity index (χ3v) is 3.46. The molecule has 0 radical (unpaired) electrons. The van der Waals surface area contributed by atoms with Crippen molar-refractivity contribution < 1.29 is 22.3 Å².